The molecule has 100 valence electrons. The van der Waals surface area contributed by atoms with Crippen molar-refractivity contribution in [3.63, 3.8) is 0 Å². The molecule has 2 rings (SSSR count). The fourth-order valence-electron chi connectivity index (χ4n) is 3.39. The van der Waals surface area contributed by atoms with Crippen LogP contribution in [0.5, 0.6) is 0 Å². The van der Waals surface area contributed by atoms with E-state index in [-0.39, 0.29) is 5.60 Å². The van der Waals surface area contributed by atoms with E-state index >= 15 is 0 Å². The van der Waals surface area contributed by atoms with Gasteiger partial charge in [-0.2, -0.15) is 0 Å². The molecular weight excluding hydrogens is 210 g/mol. The first-order valence-corrected chi connectivity index (χ1v) is 7.25. The van der Waals surface area contributed by atoms with Gasteiger partial charge in [0.25, 0.3) is 0 Å². The number of rotatable bonds is 4. The molecule has 0 spiro atoms. The highest BCUT2D eigenvalue weighted by Gasteiger charge is 2.44. The molecule has 2 fully saturated rings. The molecular formula is C15H29NO. The lowest BCUT2D eigenvalue weighted by Crippen LogP contribution is -2.28. The summed E-state index contributed by atoms with van der Waals surface area (Å²) in [7, 11) is 2.28. The van der Waals surface area contributed by atoms with Gasteiger partial charge in [-0.05, 0) is 78.8 Å². The van der Waals surface area contributed by atoms with E-state index in [1.165, 1.54) is 32.2 Å². The quantitative estimate of drug-likeness (QED) is 0.746. The minimum Gasteiger partial charge on any atom is -0.373 e. The number of nitrogens with zero attached hydrogens (tertiary/aromatic N) is 1. The molecule has 2 nitrogen and oxygen atoms in total. The molecule has 17 heavy (non-hydrogen) atoms. The molecule has 1 heterocycles. The van der Waals surface area contributed by atoms with Gasteiger partial charge in [0, 0.05) is 6.04 Å². The van der Waals surface area contributed by atoms with Gasteiger partial charge in [-0.25, -0.2) is 0 Å². The molecule has 1 saturated carbocycles. The van der Waals surface area contributed by atoms with Crippen molar-refractivity contribution in [1.82, 2.24) is 4.90 Å². The summed E-state index contributed by atoms with van der Waals surface area (Å²) in [4.78, 5) is 2.55. The van der Waals surface area contributed by atoms with Crippen LogP contribution >= 0.6 is 0 Å². The third-order valence-corrected chi connectivity index (χ3v) is 4.37. The van der Waals surface area contributed by atoms with E-state index in [0.717, 1.165) is 17.9 Å². The van der Waals surface area contributed by atoms with Crippen LogP contribution < -0.4 is 0 Å². The summed E-state index contributed by atoms with van der Waals surface area (Å²) >= 11 is 0. The molecule has 0 radical (unpaired) electrons. The SMILES string of the molecule is C[C@@H](OC(C)(C)C)C1CC1CC1CCCN1C. The van der Waals surface area contributed by atoms with E-state index in [9.17, 15) is 0 Å². The van der Waals surface area contributed by atoms with E-state index in [1.807, 2.05) is 0 Å². The van der Waals surface area contributed by atoms with E-state index in [0.29, 0.717) is 6.10 Å². The highest BCUT2D eigenvalue weighted by Crippen LogP contribution is 2.47. The Balaban J connectivity index is 1.73. The molecule has 1 saturated heterocycles. The topological polar surface area (TPSA) is 12.5 Å². The van der Waals surface area contributed by atoms with Gasteiger partial charge < -0.3 is 9.64 Å². The van der Waals surface area contributed by atoms with Gasteiger partial charge in [-0.15, -0.1) is 0 Å². The van der Waals surface area contributed by atoms with Crippen molar-refractivity contribution in [2.24, 2.45) is 11.8 Å². The maximum atomic E-state index is 6.07. The van der Waals surface area contributed by atoms with Crippen molar-refractivity contribution < 1.29 is 4.74 Å². The van der Waals surface area contributed by atoms with Crippen LogP contribution in [0.3, 0.4) is 0 Å². The standard InChI is InChI=1S/C15H29NO/c1-11(17-15(2,3)4)14-10-12(14)9-13-7-6-8-16(13)5/h11-14H,6-10H2,1-5H3/t11-,12?,13?,14?/m1/s1. The molecule has 0 aromatic heterocycles. The van der Waals surface area contributed by atoms with Crippen molar-refractivity contribution in [2.75, 3.05) is 13.6 Å². The average molecular weight is 239 g/mol. The fraction of sp³-hybridized carbons (Fsp3) is 1.00. The number of hydrogen-bond donors (Lipinski definition) is 0. The van der Waals surface area contributed by atoms with Crippen molar-refractivity contribution >= 4 is 0 Å². The molecule has 2 heteroatoms. The third kappa shape index (κ3) is 3.69. The molecule has 4 atom stereocenters. The van der Waals surface area contributed by atoms with E-state index < -0.39 is 0 Å². The predicted octanol–water partition coefficient (Wildman–Crippen LogP) is 3.31. The molecule has 0 bridgehead atoms. The summed E-state index contributed by atoms with van der Waals surface area (Å²) in [5.41, 5.74) is 0.0106. The highest BCUT2D eigenvalue weighted by molar-refractivity contribution is 4.94. The fourth-order valence-corrected chi connectivity index (χ4v) is 3.39. The third-order valence-electron chi connectivity index (χ3n) is 4.37. The Labute approximate surface area is 107 Å². The lowest BCUT2D eigenvalue weighted by molar-refractivity contribution is -0.0628. The minimum absolute atomic E-state index is 0.0106. The van der Waals surface area contributed by atoms with Crippen LogP contribution in [-0.2, 0) is 4.74 Å². The highest BCUT2D eigenvalue weighted by atomic mass is 16.5. The molecule has 0 amide bonds. The normalized spacial score (nSPS) is 36.2. The zero-order valence-corrected chi connectivity index (χ0v) is 12.2. The Bertz CT molecular complexity index is 258. The second-order valence-electron chi connectivity index (χ2n) is 7.11. The zero-order valence-electron chi connectivity index (χ0n) is 12.2. The van der Waals surface area contributed by atoms with Crippen LogP contribution in [0.4, 0.5) is 0 Å². The Kier molecular flexibility index (Phi) is 3.84. The largest absolute Gasteiger partial charge is 0.373 e. The first-order chi connectivity index (χ1) is 7.87. The summed E-state index contributed by atoms with van der Waals surface area (Å²) in [6, 6.07) is 0.854. The smallest absolute Gasteiger partial charge is 0.0602 e. The molecule has 1 aliphatic heterocycles. The van der Waals surface area contributed by atoms with Gasteiger partial charge in [-0.1, -0.05) is 0 Å². The van der Waals surface area contributed by atoms with Gasteiger partial charge in [0.15, 0.2) is 0 Å². The molecule has 0 aromatic carbocycles. The number of hydrogen-bond acceptors (Lipinski definition) is 2. The van der Waals surface area contributed by atoms with E-state index in [4.69, 9.17) is 4.74 Å². The summed E-state index contributed by atoms with van der Waals surface area (Å²) in [5, 5.41) is 0. The Morgan fingerprint density at radius 3 is 2.59 bits per heavy atom. The van der Waals surface area contributed by atoms with Gasteiger partial charge in [-0.3, -0.25) is 0 Å². The van der Waals surface area contributed by atoms with Crippen LogP contribution in [0.1, 0.15) is 53.4 Å². The van der Waals surface area contributed by atoms with Crippen LogP contribution in [0.2, 0.25) is 0 Å². The van der Waals surface area contributed by atoms with Gasteiger partial charge in [0.2, 0.25) is 0 Å². The molecule has 0 N–H and O–H groups in total. The monoisotopic (exact) mass is 239 g/mol. The minimum atomic E-state index is 0.0106. The summed E-state index contributed by atoms with van der Waals surface area (Å²) in [6.45, 7) is 10.0. The van der Waals surface area contributed by atoms with Crippen LogP contribution in [0.15, 0.2) is 0 Å². The summed E-state index contributed by atoms with van der Waals surface area (Å²) in [5.74, 6) is 1.75. The molecule has 2 aliphatic rings. The Morgan fingerprint density at radius 1 is 1.35 bits per heavy atom. The lowest BCUT2D eigenvalue weighted by atomic mass is 10.0. The molecule has 1 aliphatic carbocycles. The molecule has 0 aromatic rings. The molecule has 3 unspecified atom stereocenters. The predicted molar refractivity (Wildman–Crippen MR) is 72.2 cm³/mol. The van der Waals surface area contributed by atoms with Crippen LogP contribution in [0, 0.1) is 11.8 Å². The van der Waals surface area contributed by atoms with E-state index in [2.05, 4.69) is 39.6 Å². The first-order valence-electron chi connectivity index (χ1n) is 7.25. The van der Waals surface area contributed by atoms with E-state index in [1.54, 1.807) is 0 Å². The first kappa shape index (κ1) is 13.4. The zero-order chi connectivity index (χ0) is 12.6. The van der Waals surface area contributed by atoms with Gasteiger partial charge in [0.1, 0.15) is 0 Å². The van der Waals surface area contributed by atoms with Crippen LogP contribution in [0.25, 0.3) is 0 Å². The van der Waals surface area contributed by atoms with Crippen LogP contribution in [-0.4, -0.2) is 36.2 Å². The van der Waals surface area contributed by atoms with Crippen molar-refractivity contribution in [1.29, 1.82) is 0 Å². The van der Waals surface area contributed by atoms with Crippen molar-refractivity contribution in [3.8, 4) is 0 Å². The Morgan fingerprint density at radius 2 is 2.06 bits per heavy atom. The maximum Gasteiger partial charge on any atom is 0.0602 e. The maximum absolute atomic E-state index is 6.07. The second kappa shape index (κ2) is 4.89. The second-order valence-corrected chi connectivity index (χ2v) is 7.11. The number of ether oxygens (including phenoxy) is 1. The average Bonchev–Trinajstić information content (AvgIpc) is 2.82. The summed E-state index contributed by atoms with van der Waals surface area (Å²) in [6.07, 6.45) is 6.04. The van der Waals surface area contributed by atoms with Gasteiger partial charge in [0.05, 0.1) is 11.7 Å². The summed E-state index contributed by atoms with van der Waals surface area (Å²) < 4.78 is 6.07. The number of likely N-dealkylation sites (tertiary alicyclic amines) is 1. The lowest BCUT2D eigenvalue weighted by Gasteiger charge is -2.26. The van der Waals surface area contributed by atoms with Crippen molar-refractivity contribution in [2.45, 2.75) is 71.1 Å². The van der Waals surface area contributed by atoms with Gasteiger partial charge >= 0.3 is 0 Å². The Hall–Kier alpha value is -0.0800. The van der Waals surface area contributed by atoms with Crippen molar-refractivity contribution in [3.05, 3.63) is 0 Å².